The zero-order valence-electron chi connectivity index (χ0n) is 12.4. The molecule has 0 heterocycles. The first kappa shape index (κ1) is 16.2. The van der Waals surface area contributed by atoms with Gasteiger partial charge in [-0.2, -0.15) is 0 Å². The molecule has 2 rings (SSSR count). The first-order valence-electron chi connectivity index (χ1n) is 7.33. The lowest BCUT2D eigenvalue weighted by molar-refractivity contribution is 0.175. The third-order valence-electron chi connectivity index (χ3n) is 3.79. The van der Waals surface area contributed by atoms with Gasteiger partial charge in [0, 0.05) is 12.8 Å². The smallest absolute Gasteiger partial charge is 0.175 e. The summed E-state index contributed by atoms with van der Waals surface area (Å²) in [6.45, 7) is 1.34. The van der Waals surface area contributed by atoms with Crippen LogP contribution in [0.25, 0.3) is 0 Å². The average molecular weight is 309 g/mol. The van der Waals surface area contributed by atoms with Gasteiger partial charge in [0.15, 0.2) is 9.84 Å². The maximum atomic E-state index is 11.4. The molecular formula is C16H23NO3S. The van der Waals surface area contributed by atoms with Crippen molar-refractivity contribution in [3.05, 3.63) is 41.5 Å². The van der Waals surface area contributed by atoms with Crippen LogP contribution in [0.15, 0.2) is 40.8 Å². The Hall–Kier alpha value is -1.17. The fourth-order valence-electron chi connectivity index (χ4n) is 2.51. The summed E-state index contributed by atoms with van der Waals surface area (Å²) < 4.78 is 22.7. The Bertz CT molecular complexity index is 590. The van der Waals surface area contributed by atoms with Gasteiger partial charge in [-0.3, -0.25) is 0 Å². The minimum Gasteiger partial charge on any atom is -0.387 e. The summed E-state index contributed by atoms with van der Waals surface area (Å²) in [4.78, 5) is 0.277. The van der Waals surface area contributed by atoms with Crippen LogP contribution in [-0.2, 0) is 9.84 Å². The molecule has 0 spiro atoms. The SMILES string of the molecule is CS(=O)(=O)c1ccc(C(O)CNCCC2=CCCC2)cc1. The normalized spacial score (nSPS) is 16.8. The summed E-state index contributed by atoms with van der Waals surface area (Å²) in [5.41, 5.74) is 2.24. The highest BCUT2D eigenvalue weighted by Gasteiger charge is 2.11. The molecule has 4 nitrogen and oxygen atoms in total. The molecule has 0 radical (unpaired) electrons. The van der Waals surface area contributed by atoms with Crippen molar-refractivity contribution in [2.45, 2.75) is 36.7 Å². The van der Waals surface area contributed by atoms with Crippen LogP contribution in [-0.4, -0.2) is 32.9 Å². The van der Waals surface area contributed by atoms with E-state index in [-0.39, 0.29) is 4.90 Å². The lowest BCUT2D eigenvalue weighted by Crippen LogP contribution is -2.22. The van der Waals surface area contributed by atoms with Crippen LogP contribution in [0.5, 0.6) is 0 Å². The van der Waals surface area contributed by atoms with Crippen molar-refractivity contribution >= 4 is 9.84 Å². The molecule has 2 N–H and O–H groups in total. The molecule has 1 aromatic rings. The van der Waals surface area contributed by atoms with E-state index in [2.05, 4.69) is 11.4 Å². The maximum absolute atomic E-state index is 11.4. The molecule has 0 bridgehead atoms. The minimum absolute atomic E-state index is 0.277. The van der Waals surface area contributed by atoms with Gasteiger partial charge in [-0.1, -0.05) is 23.8 Å². The second-order valence-corrected chi connectivity index (χ2v) is 7.58. The first-order valence-corrected chi connectivity index (χ1v) is 9.22. The average Bonchev–Trinajstić information content (AvgIpc) is 2.96. The standard InChI is InChI=1S/C16H23NO3S/c1-21(19,20)15-8-6-14(7-9-15)16(18)12-17-11-10-13-4-2-3-5-13/h4,6-9,16-18H,2-3,5,10-12H2,1H3. The van der Waals surface area contributed by atoms with Crippen LogP contribution >= 0.6 is 0 Å². The highest BCUT2D eigenvalue weighted by atomic mass is 32.2. The van der Waals surface area contributed by atoms with E-state index < -0.39 is 15.9 Å². The molecule has 1 aromatic carbocycles. The van der Waals surface area contributed by atoms with Gasteiger partial charge in [0.2, 0.25) is 0 Å². The molecule has 0 aromatic heterocycles. The van der Waals surface area contributed by atoms with E-state index in [9.17, 15) is 13.5 Å². The van der Waals surface area contributed by atoms with Gasteiger partial charge in [0.25, 0.3) is 0 Å². The summed E-state index contributed by atoms with van der Waals surface area (Å²) in [6, 6.07) is 6.42. The molecule has 0 fully saturated rings. The Morgan fingerprint density at radius 3 is 2.57 bits per heavy atom. The van der Waals surface area contributed by atoms with Crippen molar-refractivity contribution < 1.29 is 13.5 Å². The van der Waals surface area contributed by atoms with E-state index in [1.165, 1.54) is 43.2 Å². The summed E-state index contributed by atoms with van der Waals surface area (Å²) in [7, 11) is -3.18. The molecule has 0 saturated carbocycles. The summed E-state index contributed by atoms with van der Waals surface area (Å²) >= 11 is 0. The van der Waals surface area contributed by atoms with Crippen molar-refractivity contribution in [3.8, 4) is 0 Å². The second-order valence-electron chi connectivity index (χ2n) is 5.57. The van der Waals surface area contributed by atoms with Gasteiger partial charge in [-0.15, -0.1) is 0 Å². The van der Waals surface area contributed by atoms with E-state index in [1.54, 1.807) is 12.1 Å². The predicted octanol–water partition coefficient (Wildman–Crippen LogP) is 2.21. The van der Waals surface area contributed by atoms with Crippen LogP contribution in [0.4, 0.5) is 0 Å². The number of aliphatic hydroxyl groups is 1. The van der Waals surface area contributed by atoms with E-state index in [1.807, 2.05) is 0 Å². The largest absolute Gasteiger partial charge is 0.387 e. The lowest BCUT2D eigenvalue weighted by Gasteiger charge is -2.13. The fraction of sp³-hybridized carbons (Fsp3) is 0.500. The monoisotopic (exact) mass is 309 g/mol. The number of hydrogen-bond donors (Lipinski definition) is 2. The molecule has 0 aliphatic heterocycles. The third-order valence-corrected chi connectivity index (χ3v) is 4.92. The van der Waals surface area contributed by atoms with Crippen molar-refractivity contribution in [2.24, 2.45) is 0 Å². The van der Waals surface area contributed by atoms with Gasteiger partial charge >= 0.3 is 0 Å². The van der Waals surface area contributed by atoms with Crippen molar-refractivity contribution in [1.82, 2.24) is 5.32 Å². The quantitative estimate of drug-likeness (QED) is 0.599. The molecule has 1 aliphatic rings. The molecule has 5 heteroatoms. The molecule has 1 aliphatic carbocycles. The highest BCUT2D eigenvalue weighted by Crippen LogP contribution is 2.20. The molecule has 21 heavy (non-hydrogen) atoms. The number of rotatable bonds is 7. The second kappa shape index (κ2) is 7.20. The zero-order chi connectivity index (χ0) is 15.3. The van der Waals surface area contributed by atoms with E-state index in [4.69, 9.17) is 0 Å². The number of allylic oxidation sites excluding steroid dienone is 1. The summed E-state index contributed by atoms with van der Waals surface area (Å²) in [5.74, 6) is 0. The Balaban J connectivity index is 1.78. The molecular weight excluding hydrogens is 286 g/mol. The van der Waals surface area contributed by atoms with Crippen molar-refractivity contribution in [2.75, 3.05) is 19.3 Å². The number of aliphatic hydroxyl groups excluding tert-OH is 1. The van der Waals surface area contributed by atoms with E-state index in [0.717, 1.165) is 18.5 Å². The molecule has 1 atom stereocenters. The van der Waals surface area contributed by atoms with E-state index >= 15 is 0 Å². The van der Waals surface area contributed by atoms with Gasteiger partial charge in [-0.25, -0.2) is 8.42 Å². The molecule has 116 valence electrons. The molecule has 0 amide bonds. The van der Waals surface area contributed by atoms with Crippen LogP contribution in [0.3, 0.4) is 0 Å². The Morgan fingerprint density at radius 1 is 1.29 bits per heavy atom. The fourth-order valence-corrected chi connectivity index (χ4v) is 3.14. The Morgan fingerprint density at radius 2 is 2.00 bits per heavy atom. The van der Waals surface area contributed by atoms with Gasteiger partial charge in [0.1, 0.15) is 0 Å². The third kappa shape index (κ3) is 4.95. The minimum atomic E-state index is -3.18. The topological polar surface area (TPSA) is 66.4 Å². The van der Waals surface area contributed by atoms with E-state index in [0.29, 0.717) is 6.54 Å². The number of sulfone groups is 1. The van der Waals surface area contributed by atoms with Crippen molar-refractivity contribution in [1.29, 1.82) is 0 Å². The Kier molecular flexibility index (Phi) is 5.56. The summed E-state index contributed by atoms with van der Waals surface area (Å²) in [5, 5.41) is 13.3. The Labute approximate surface area is 126 Å². The number of hydrogen-bond acceptors (Lipinski definition) is 4. The van der Waals surface area contributed by atoms with Gasteiger partial charge < -0.3 is 10.4 Å². The maximum Gasteiger partial charge on any atom is 0.175 e. The lowest BCUT2D eigenvalue weighted by atomic mass is 10.1. The van der Waals surface area contributed by atoms with Crippen LogP contribution in [0, 0.1) is 0 Å². The van der Waals surface area contributed by atoms with Crippen LogP contribution in [0.1, 0.15) is 37.4 Å². The van der Waals surface area contributed by atoms with Gasteiger partial charge in [0.05, 0.1) is 11.0 Å². The van der Waals surface area contributed by atoms with Gasteiger partial charge in [-0.05, 0) is 49.9 Å². The zero-order valence-corrected chi connectivity index (χ0v) is 13.2. The van der Waals surface area contributed by atoms with Crippen LogP contribution in [0.2, 0.25) is 0 Å². The number of benzene rings is 1. The molecule has 1 unspecified atom stereocenters. The predicted molar refractivity (Wildman–Crippen MR) is 83.9 cm³/mol. The highest BCUT2D eigenvalue weighted by molar-refractivity contribution is 7.90. The number of nitrogens with one attached hydrogen (secondary N) is 1. The van der Waals surface area contributed by atoms with Crippen LogP contribution < -0.4 is 5.32 Å². The molecule has 0 saturated heterocycles. The van der Waals surface area contributed by atoms with Crippen molar-refractivity contribution in [3.63, 3.8) is 0 Å². The summed E-state index contributed by atoms with van der Waals surface area (Å²) in [6.07, 6.45) is 7.59. The first-order chi connectivity index (χ1) is 9.97.